The zero-order valence-electron chi connectivity index (χ0n) is 13.8. The second-order valence-corrected chi connectivity index (χ2v) is 6.47. The van der Waals surface area contributed by atoms with Crippen LogP contribution in [0, 0.1) is 0 Å². The van der Waals surface area contributed by atoms with E-state index in [1.165, 1.54) is 6.20 Å². The van der Waals surface area contributed by atoms with E-state index in [1.807, 2.05) is 24.3 Å². The molecule has 2 heterocycles. The Hall–Kier alpha value is -1.08. The minimum absolute atomic E-state index is 0. The number of carbonyl (C=O) groups is 1. The van der Waals surface area contributed by atoms with Crippen molar-refractivity contribution in [2.75, 3.05) is 31.5 Å². The summed E-state index contributed by atoms with van der Waals surface area (Å²) in [5, 5.41) is 7.41. The van der Waals surface area contributed by atoms with Gasteiger partial charge < -0.3 is 10.6 Å². The largest absolute Gasteiger partial charge is 0.314 e. The molecule has 1 aliphatic rings. The standard InChI is InChI=1S/C17H18Cl2N4O.2ClH/c18-12-5-6-16(21-9-12)22-17(24)11-23-8-7-20-10-15(23)13-3-1-2-4-14(13)19;;/h1-6,9,15,20H,7-8,10-11H2,(H,21,22,24);2*1H. The first-order chi connectivity index (χ1) is 11.6. The van der Waals surface area contributed by atoms with Crippen molar-refractivity contribution in [3.63, 3.8) is 0 Å². The van der Waals surface area contributed by atoms with Gasteiger partial charge in [0, 0.05) is 36.9 Å². The van der Waals surface area contributed by atoms with E-state index in [0.717, 1.165) is 30.2 Å². The fourth-order valence-corrected chi connectivity index (χ4v) is 3.18. The molecule has 0 bridgehead atoms. The van der Waals surface area contributed by atoms with Gasteiger partial charge in [0.2, 0.25) is 5.91 Å². The molecule has 5 nitrogen and oxygen atoms in total. The van der Waals surface area contributed by atoms with Gasteiger partial charge in [0.15, 0.2) is 0 Å². The second-order valence-electron chi connectivity index (χ2n) is 5.62. The van der Waals surface area contributed by atoms with Gasteiger partial charge >= 0.3 is 0 Å². The summed E-state index contributed by atoms with van der Waals surface area (Å²) in [5.74, 6) is 0.387. The van der Waals surface area contributed by atoms with Crippen LogP contribution in [0.3, 0.4) is 0 Å². The number of anilines is 1. The van der Waals surface area contributed by atoms with Crippen molar-refractivity contribution in [1.29, 1.82) is 0 Å². The molecule has 0 radical (unpaired) electrons. The Morgan fingerprint density at radius 3 is 2.69 bits per heavy atom. The molecule has 1 fully saturated rings. The van der Waals surface area contributed by atoms with E-state index in [0.29, 0.717) is 10.8 Å². The Morgan fingerprint density at radius 1 is 1.23 bits per heavy atom. The van der Waals surface area contributed by atoms with Crippen molar-refractivity contribution in [2.45, 2.75) is 6.04 Å². The molecule has 1 aromatic carbocycles. The number of amides is 1. The number of hydrogen-bond acceptors (Lipinski definition) is 4. The maximum absolute atomic E-state index is 12.3. The fraction of sp³-hybridized carbons (Fsp3) is 0.294. The molecule has 1 aromatic heterocycles. The summed E-state index contributed by atoms with van der Waals surface area (Å²) in [5.41, 5.74) is 1.03. The van der Waals surface area contributed by atoms with Crippen LogP contribution < -0.4 is 10.6 Å². The summed E-state index contributed by atoms with van der Waals surface area (Å²) in [4.78, 5) is 18.6. The minimum Gasteiger partial charge on any atom is -0.314 e. The molecule has 9 heteroatoms. The minimum atomic E-state index is -0.108. The summed E-state index contributed by atoms with van der Waals surface area (Å²) in [7, 11) is 0. The summed E-state index contributed by atoms with van der Waals surface area (Å²) in [6, 6.07) is 11.2. The first kappa shape index (κ1) is 23.0. The van der Waals surface area contributed by atoms with Crippen LogP contribution in [-0.4, -0.2) is 42.0 Å². The van der Waals surface area contributed by atoms with Crippen LogP contribution in [0.2, 0.25) is 10.0 Å². The highest BCUT2D eigenvalue weighted by molar-refractivity contribution is 6.31. The molecule has 0 spiro atoms. The van der Waals surface area contributed by atoms with Gasteiger partial charge in [-0.2, -0.15) is 0 Å². The van der Waals surface area contributed by atoms with Crippen LogP contribution in [0.15, 0.2) is 42.6 Å². The quantitative estimate of drug-likeness (QED) is 0.763. The van der Waals surface area contributed by atoms with E-state index in [9.17, 15) is 4.79 Å². The zero-order valence-corrected chi connectivity index (χ0v) is 17.0. The van der Waals surface area contributed by atoms with Gasteiger partial charge in [-0.15, -0.1) is 24.8 Å². The van der Waals surface area contributed by atoms with E-state index in [2.05, 4.69) is 20.5 Å². The lowest BCUT2D eigenvalue weighted by Gasteiger charge is -2.36. The average Bonchev–Trinajstić information content (AvgIpc) is 2.58. The number of nitrogens with zero attached hydrogens (tertiary/aromatic N) is 2. The van der Waals surface area contributed by atoms with Crippen molar-refractivity contribution in [1.82, 2.24) is 15.2 Å². The van der Waals surface area contributed by atoms with E-state index < -0.39 is 0 Å². The molecule has 26 heavy (non-hydrogen) atoms. The zero-order chi connectivity index (χ0) is 16.9. The highest BCUT2D eigenvalue weighted by Crippen LogP contribution is 2.28. The Morgan fingerprint density at radius 2 is 2.00 bits per heavy atom. The van der Waals surface area contributed by atoms with Crippen molar-refractivity contribution >= 4 is 59.7 Å². The molecule has 1 aliphatic heterocycles. The van der Waals surface area contributed by atoms with E-state index >= 15 is 0 Å². The molecule has 0 aliphatic carbocycles. The Kier molecular flexibility index (Phi) is 9.64. The molecule has 1 unspecified atom stereocenters. The number of hydrogen-bond donors (Lipinski definition) is 2. The average molecular weight is 438 g/mol. The second kappa shape index (κ2) is 10.9. The number of aromatic nitrogens is 1. The number of piperazine rings is 1. The van der Waals surface area contributed by atoms with Gasteiger partial charge in [-0.25, -0.2) is 4.98 Å². The SMILES string of the molecule is Cl.Cl.O=C(CN1CCNCC1c1ccccc1Cl)Nc1ccc(Cl)cn1. The van der Waals surface area contributed by atoms with Crippen LogP contribution in [-0.2, 0) is 4.79 Å². The van der Waals surface area contributed by atoms with E-state index in [-0.39, 0.29) is 43.3 Å². The lowest BCUT2D eigenvalue weighted by molar-refractivity contribution is -0.118. The third kappa shape index (κ3) is 5.98. The first-order valence-corrected chi connectivity index (χ1v) is 8.49. The molecule has 3 rings (SSSR count). The molecule has 0 saturated carbocycles. The monoisotopic (exact) mass is 436 g/mol. The summed E-state index contributed by atoms with van der Waals surface area (Å²) >= 11 is 12.1. The lowest BCUT2D eigenvalue weighted by Crippen LogP contribution is -2.48. The summed E-state index contributed by atoms with van der Waals surface area (Å²) in [6.07, 6.45) is 1.51. The van der Waals surface area contributed by atoms with Crippen LogP contribution in [0.4, 0.5) is 5.82 Å². The van der Waals surface area contributed by atoms with E-state index in [1.54, 1.807) is 12.1 Å². The summed E-state index contributed by atoms with van der Waals surface area (Å²) in [6.45, 7) is 2.66. The first-order valence-electron chi connectivity index (χ1n) is 7.74. The number of carbonyl (C=O) groups excluding carboxylic acids is 1. The molecule has 142 valence electrons. The van der Waals surface area contributed by atoms with Gasteiger partial charge in [-0.3, -0.25) is 9.69 Å². The van der Waals surface area contributed by atoms with Crippen molar-refractivity contribution in [3.8, 4) is 0 Å². The maximum Gasteiger partial charge on any atom is 0.239 e. The number of halogens is 4. The molecule has 1 saturated heterocycles. The number of nitrogens with one attached hydrogen (secondary N) is 2. The van der Waals surface area contributed by atoms with E-state index in [4.69, 9.17) is 23.2 Å². The van der Waals surface area contributed by atoms with Gasteiger partial charge in [-0.1, -0.05) is 41.4 Å². The molecule has 1 atom stereocenters. The Balaban J connectivity index is 0.00000169. The normalized spacial score (nSPS) is 16.9. The summed E-state index contributed by atoms with van der Waals surface area (Å²) < 4.78 is 0. The van der Waals surface area contributed by atoms with Gasteiger partial charge in [0.05, 0.1) is 11.6 Å². The predicted molar refractivity (Wildman–Crippen MR) is 111 cm³/mol. The third-order valence-electron chi connectivity index (χ3n) is 3.96. The Bertz CT molecular complexity index is 714. The smallest absolute Gasteiger partial charge is 0.239 e. The van der Waals surface area contributed by atoms with Gasteiger partial charge in [-0.05, 0) is 23.8 Å². The number of pyridine rings is 1. The molecular formula is C17H20Cl4N4O. The molecule has 2 aromatic rings. The highest BCUT2D eigenvalue weighted by atomic mass is 35.5. The highest BCUT2D eigenvalue weighted by Gasteiger charge is 2.26. The number of benzene rings is 1. The third-order valence-corrected chi connectivity index (χ3v) is 4.53. The van der Waals surface area contributed by atoms with Gasteiger partial charge in [0.25, 0.3) is 0 Å². The predicted octanol–water partition coefficient (Wildman–Crippen LogP) is 3.82. The fourth-order valence-electron chi connectivity index (χ4n) is 2.80. The van der Waals surface area contributed by atoms with Crippen LogP contribution >= 0.6 is 48.0 Å². The van der Waals surface area contributed by atoms with Crippen LogP contribution in [0.1, 0.15) is 11.6 Å². The lowest BCUT2D eigenvalue weighted by atomic mass is 10.0. The van der Waals surface area contributed by atoms with Gasteiger partial charge in [0.1, 0.15) is 5.82 Å². The molecular weight excluding hydrogens is 418 g/mol. The Labute approximate surface area is 175 Å². The molecule has 2 N–H and O–H groups in total. The maximum atomic E-state index is 12.3. The molecule has 1 amide bonds. The van der Waals surface area contributed by atoms with Crippen molar-refractivity contribution in [2.24, 2.45) is 0 Å². The number of rotatable bonds is 4. The van der Waals surface area contributed by atoms with Crippen molar-refractivity contribution in [3.05, 3.63) is 58.2 Å². The topological polar surface area (TPSA) is 57.3 Å². The van der Waals surface area contributed by atoms with Crippen molar-refractivity contribution < 1.29 is 4.79 Å². The van der Waals surface area contributed by atoms with Crippen LogP contribution in [0.5, 0.6) is 0 Å². The van der Waals surface area contributed by atoms with Crippen LogP contribution in [0.25, 0.3) is 0 Å².